The second-order valence-corrected chi connectivity index (χ2v) is 17.0. The first-order valence-electron chi connectivity index (χ1n) is 21.4. The SMILES string of the molecule is CC1C=C(c2ccc(C3=CC=CCC3)cc2C2N=C(c3ccccc3)NC(c3ccccc3)=N2)C2C(C1)O[C@@H]1C=CC3=C(c4ccccc4[C@H]3CC3=CC=CCC3)C21. The van der Waals surface area contributed by atoms with E-state index in [9.17, 15) is 0 Å². The van der Waals surface area contributed by atoms with E-state index in [1.54, 1.807) is 5.57 Å². The number of ether oxygens (including phenoxy) is 1. The number of benzene rings is 4. The lowest BCUT2D eigenvalue weighted by molar-refractivity contribution is 0.0473. The first-order valence-corrected chi connectivity index (χ1v) is 21.4. The number of allylic oxidation sites excluding steroid dienone is 11. The third-order valence-electron chi connectivity index (χ3n) is 13.4. The normalized spacial score (nSPS) is 27.0. The zero-order chi connectivity index (χ0) is 38.6. The van der Waals surface area contributed by atoms with Gasteiger partial charge in [-0.1, -0.05) is 164 Å². The number of nitrogens with one attached hydrogen (secondary N) is 1. The molecule has 7 aliphatic rings. The molecule has 5 aliphatic carbocycles. The van der Waals surface area contributed by atoms with E-state index in [0.717, 1.165) is 66.9 Å². The van der Waals surface area contributed by atoms with E-state index in [1.165, 1.54) is 44.5 Å². The zero-order valence-electron chi connectivity index (χ0n) is 33.1. The fourth-order valence-corrected chi connectivity index (χ4v) is 10.8. The highest BCUT2D eigenvalue weighted by Crippen LogP contribution is 2.60. The number of aliphatic imine (C=N–C) groups is 2. The van der Waals surface area contributed by atoms with Crippen LogP contribution in [-0.4, -0.2) is 23.9 Å². The van der Waals surface area contributed by atoms with Gasteiger partial charge in [0.2, 0.25) is 0 Å². The molecule has 0 aromatic heterocycles. The van der Waals surface area contributed by atoms with E-state index in [0.29, 0.717) is 11.8 Å². The van der Waals surface area contributed by atoms with Gasteiger partial charge in [-0.15, -0.1) is 0 Å². The maximum absolute atomic E-state index is 7.19. The van der Waals surface area contributed by atoms with Gasteiger partial charge in [0, 0.05) is 34.4 Å². The molecular weight excluding hydrogens is 707 g/mol. The summed E-state index contributed by atoms with van der Waals surface area (Å²) < 4.78 is 7.19. The molecule has 0 saturated carbocycles. The van der Waals surface area contributed by atoms with Crippen molar-refractivity contribution in [1.29, 1.82) is 0 Å². The van der Waals surface area contributed by atoms with Crippen LogP contribution in [0.2, 0.25) is 0 Å². The van der Waals surface area contributed by atoms with Crippen LogP contribution in [0.5, 0.6) is 0 Å². The van der Waals surface area contributed by atoms with Gasteiger partial charge in [0.15, 0.2) is 6.17 Å². The summed E-state index contributed by atoms with van der Waals surface area (Å²) in [4.78, 5) is 10.9. The minimum Gasteiger partial charge on any atom is -0.370 e. The maximum atomic E-state index is 7.19. The maximum Gasteiger partial charge on any atom is 0.170 e. The average Bonchev–Trinajstić information content (AvgIpc) is 3.82. The van der Waals surface area contributed by atoms with Crippen molar-refractivity contribution in [1.82, 2.24) is 5.32 Å². The first kappa shape index (κ1) is 35.3. The Morgan fingerprint density at radius 2 is 1.43 bits per heavy atom. The van der Waals surface area contributed by atoms with E-state index in [4.69, 9.17) is 14.7 Å². The Labute approximate surface area is 342 Å². The molecule has 2 heterocycles. The van der Waals surface area contributed by atoms with Crippen LogP contribution < -0.4 is 5.32 Å². The highest BCUT2D eigenvalue weighted by molar-refractivity contribution is 6.16. The number of hydrogen-bond acceptors (Lipinski definition) is 4. The molecule has 0 spiro atoms. The highest BCUT2D eigenvalue weighted by atomic mass is 16.5. The second kappa shape index (κ2) is 14.8. The minimum absolute atomic E-state index is 0.0391. The van der Waals surface area contributed by atoms with Crippen LogP contribution in [-0.2, 0) is 4.74 Å². The molecule has 6 atom stereocenters. The van der Waals surface area contributed by atoms with Gasteiger partial charge < -0.3 is 10.1 Å². The van der Waals surface area contributed by atoms with E-state index in [-0.39, 0.29) is 24.0 Å². The molecule has 11 rings (SSSR count). The highest BCUT2D eigenvalue weighted by Gasteiger charge is 2.53. The molecule has 1 saturated heterocycles. The molecule has 4 aromatic carbocycles. The van der Waals surface area contributed by atoms with Crippen LogP contribution in [0.25, 0.3) is 16.7 Å². The quantitative estimate of drug-likeness (QED) is 0.204. The number of amidine groups is 2. The Bertz CT molecular complexity index is 2510. The third kappa shape index (κ3) is 6.26. The number of hydrogen-bond donors (Lipinski definition) is 1. The number of rotatable bonds is 7. The van der Waals surface area contributed by atoms with Crippen LogP contribution in [0.3, 0.4) is 0 Å². The Morgan fingerprint density at radius 1 is 0.707 bits per heavy atom. The fraction of sp³-hybridized carbons (Fsp3) is 0.259. The molecule has 4 heteroatoms. The fourth-order valence-electron chi connectivity index (χ4n) is 10.8. The summed E-state index contributed by atoms with van der Waals surface area (Å²) in [5.74, 6) is 2.87. The monoisotopic (exact) mass is 755 g/mol. The van der Waals surface area contributed by atoms with Gasteiger partial charge in [-0.3, -0.25) is 0 Å². The van der Waals surface area contributed by atoms with Crippen molar-refractivity contribution in [2.45, 2.75) is 69.7 Å². The zero-order valence-corrected chi connectivity index (χ0v) is 33.1. The predicted octanol–water partition coefficient (Wildman–Crippen LogP) is 12.1. The lowest BCUT2D eigenvalue weighted by Gasteiger charge is -2.35. The van der Waals surface area contributed by atoms with Crippen molar-refractivity contribution in [2.24, 2.45) is 27.7 Å². The molecule has 0 amide bonds. The van der Waals surface area contributed by atoms with Crippen LogP contribution in [0.4, 0.5) is 0 Å². The van der Waals surface area contributed by atoms with Gasteiger partial charge >= 0.3 is 0 Å². The van der Waals surface area contributed by atoms with Gasteiger partial charge in [0.25, 0.3) is 0 Å². The van der Waals surface area contributed by atoms with Crippen molar-refractivity contribution in [3.8, 4) is 0 Å². The Balaban J connectivity index is 1.07. The van der Waals surface area contributed by atoms with E-state index >= 15 is 0 Å². The molecule has 58 heavy (non-hydrogen) atoms. The summed E-state index contributed by atoms with van der Waals surface area (Å²) >= 11 is 0. The lowest BCUT2D eigenvalue weighted by Crippen LogP contribution is -2.36. The summed E-state index contributed by atoms with van der Waals surface area (Å²) in [6.07, 6.45) is 27.3. The molecule has 1 fully saturated rings. The van der Waals surface area contributed by atoms with Crippen molar-refractivity contribution in [3.05, 3.63) is 208 Å². The second-order valence-electron chi connectivity index (χ2n) is 17.0. The van der Waals surface area contributed by atoms with Gasteiger partial charge in [-0.25, -0.2) is 9.98 Å². The molecule has 4 aromatic rings. The van der Waals surface area contributed by atoms with E-state index in [1.807, 2.05) is 0 Å². The van der Waals surface area contributed by atoms with Gasteiger partial charge in [-0.05, 0) is 95.1 Å². The summed E-state index contributed by atoms with van der Waals surface area (Å²) in [5, 5.41) is 3.64. The van der Waals surface area contributed by atoms with Crippen LogP contribution in [0, 0.1) is 17.8 Å². The Kier molecular flexibility index (Phi) is 9.04. The summed E-state index contributed by atoms with van der Waals surface area (Å²) in [6, 6.07) is 37.4. The van der Waals surface area contributed by atoms with E-state index in [2.05, 4.69) is 170 Å². The van der Waals surface area contributed by atoms with Crippen molar-refractivity contribution in [3.63, 3.8) is 0 Å². The average molecular weight is 756 g/mol. The van der Waals surface area contributed by atoms with Crippen molar-refractivity contribution in [2.75, 3.05) is 0 Å². The molecule has 0 radical (unpaired) electrons. The Morgan fingerprint density at radius 3 is 2.16 bits per heavy atom. The van der Waals surface area contributed by atoms with Gasteiger partial charge in [0.05, 0.1) is 12.2 Å². The van der Waals surface area contributed by atoms with Crippen LogP contribution >= 0.6 is 0 Å². The topological polar surface area (TPSA) is 46.0 Å². The number of fused-ring (bicyclic) bond motifs is 6. The lowest BCUT2D eigenvalue weighted by atomic mass is 9.67. The van der Waals surface area contributed by atoms with Gasteiger partial charge in [0.1, 0.15) is 11.7 Å². The molecule has 286 valence electrons. The van der Waals surface area contributed by atoms with E-state index < -0.39 is 6.17 Å². The molecule has 0 bridgehead atoms. The standard InChI is InChI=1S/C54H49N3O/c1-34-30-45(50-48(31-34)58-47-29-28-43-44(32-35-16-6-2-7-17-35)40-24-14-15-25-42(40)49(43)51(47)50)41-27-26-39(36-18-8-3-9-19-36)33-46(41)54-56-52(37-20-10-4-11-21-37)55-53(57-54)38-22-12-5-13-23-38/h2-6,8,10-16,18,20-30,33-34,44,47-48,50-51,54H,7,9,17,19,31-32H2,1H3,(H,55,56,57)/t34?,44-,47-,48?,50?,51?/m1/s1. The number of nitrogens with zero attached hydrogens (tertiary/aromatic N) is 2. The van der Waals surface area contributed by atoms with Gasteiger partial charge in [-0.2, -0.15) is 0 Å². The molecule has 4 unspecified atom stereocenters. The van der Waals surface area contributed by atoms with Crippen LogP contribution in [0.1, 0.15) is 96.5 Å². The molecular formula is C54H49N3O. The predicted molar refractivity (Wildman–Crippen MR) is 238 cm³/mol. The Hall–Kier alpha value is -5.84. The smallest absolute Gasteiger partial charge is 0.170 e. The third-order valence-corrected chi connectivity index (χ3v) is 13.4. The van der Waals surface area contributed by atoms with Crippen molar-refractivity contribution < 1.29 is 4.74 Å². The summed E-state index contributed by atoms with van der Waals surface area (Å²) in [6.45, 7) is 2.37. The molecule has 4 nitrogen and oxygen atoms in total. The largest absolute Gasteiger partial charge is 0.370 e. The minimum atomic E-state index is -0.438. The molecule has 1 N–H and O–H groups in total. The molecule has 2 aliphatic heterocycles. The first-order chi connectivity index (χ1) is 28.7. The van der Waals surface area contributed by atoms with Crippen LogP contribution in [0.15, 0.2) is 179 Å². The van der Waals surface area contributed by atoms with Crippen molar-refractivity contribution >= 4 is 28.4 Å². The summed E-state index contributed by atoms with van der Waals surface area (Å²) in [7, 11) is 0. The summed E-state index contributed by atoms with van der Waals surface area (Å²) in [5.41, 5.74) is 16.0.